The molecule has 0 fully saturated rings. The molecule has 1 amide bonds. The molecule has 0 atom stereocenters. The third-order valence-corrected chi connectivity index (χ3v) is 4.16. The van der Waals surface area contributed by atoms with Gasteiger partial charge >= 0.3 is 5.91 Å². The van der Waals surface area contributed by atoms with Crippen molar-refractivity contribution in [1.82, 2.24) is 4.98 Å². The van der Waals surface area contributed by atoms with Crippen molar-refractivity contribution < 1.29 is 9.59 Å². The summed E-state index contributed by atoms with van der Waals surface area (Å²) in [5, 5.41) is 0. The minimum atomic E-state index is -0.553. The summed E-state index contributed by atoms with van der Waals surface area (Å²) in [4.78, 5) is 30.7. The molecule has 3 aromatic rings. The largest absolute Gasteiger partial charge is 0.302 e. The van der Waals surface area contributed by atoms with Crippen molar-refractivity contribution in [3.8, 4) is 0 Å². The van der Waals surface area contributed by atoms with Gasteiger partial charge in [0.15, 0.2) is 0 Å². The van der Waals surface area contributed by atoms with Crippen molar-refractivity contribution in [1.29, 1.82) is 0 Å². The second-order valence-corrected chi connectivity index (χ2v) is 5.60. The van der Waals surface area contributed by atoms with E-state index in [-0.39, 0.29) is 11.7 Å². The van der Waals surface area contributed by atoms with Crippen LogP contribution in [-0.4, -0.2) is 16.7 Å². The molecule has 2 aromatic carbocycles. The molecule has 24 heavy (non-hydrogen) atoms. The molecule has 1 aliphatic heterocycles. The Morgan fingerprint density at radius 2 is 1.33 bits per heavy atom. The standard InChI is InChI=1S/C20H14N2O2/c23-19-17-16(12-7-13-21-17)22(20(19)24)18(14-8-3-1-4-9-14)15-10-5-2-6-11-15/h1-13,18H. The van der Waals surface area contributed by atoms with Gasteiger partial charge in [-0.05, 0) is 23.3 Å². The number of rotatable bonds is 3. The van der Waals surface area contributed by atoms with Gasteiger partial charge in [0.25, 0.3) is 5.78 Å². The maximum Gasteiger partial charge on any atom is 0.302 e. The molecule has 1 aromatic heterocycles. The zero-order chi connectivity index (χ0) is 16.5. The fourth-order valence-corrected chi connectivity index (χ4v) is 3.10. The van der Waals surface area contributed by atoms with Gasteiger partial charge < -0.3 is 0 Å². The molecule has 0 bridgehead atoms. The summed E-state index contributed by atoms with van der Waals surface area (Å²) in [7, 11) is 0. The van der Waals surface area contributed by atoms with Crippen molar-refractivity contribution in [2.24, 2.45) is 0 Å². The van der Waals surface area contributed by atoms with Crippen LogP contribution in [0, 0.1) is 0 Å². The summed E-state index contributed by atoms with van der Waals surface area (Å²) in [5.41, 5.74) is 2.67. The molecule has 0 aliphatic carbocycles. The Kier molecular flexibility index (Phi) is 3.43. The number of benzene rings is 2. The third kappa shape index (κ3) is 2.20. The zero-order valence-electron chi connectivity index (χ0n) is 12.8. The Morgan fingerprint density at radius 3 is 1.92 bits per heavy atom. The van der Waals surface area contributed by atoms with E-state index >= 15 is 0 Å². The molecule has 0 radical (unpaired) electrons. The average Bonchev–Trinajstić information content (AvgIpc) is 2.90. The highest BCUT2D eigenvalue weighted by atomic mass is 16.2. The summed E-state index contributed by atoms with van der Waals surface area (Å²) in [6.45, 7) is 0. The van der Waals surface area contributed by atoms with Gasteiger partial charge in [-0.25, -0.2) is 0 Å². The second kappa shape index (κ2) is 5.74. The predicted molar refractivity (Wildman–Crippen MR) is 90.8 cm³/mol. The van der Waals surface area contributed by atoms with Crippen molar-refractivity contribution in [2.75, 3.05) is 4.90 Å². The first-order valence-corrected chi connectivity index (χ1v) is 7.70. The average molecular weight is 314 g/mol. The Labute approximate surface area is 139 Å². The van der Waals surface area contributed by atoms with E-state index in [1.165, 1.54) is 6.20 Å². The lowest BCUT2D eigenvalue weighted by atomic mass is 9.97. The summed E-state index contributed by atoms with van der Waals surface area (Å²) in [6, 6.07) is 22.6. The van der Waals surface area contributed by atoms with Crippen molar-refractivity contribution in [3.05, 3.63) is 95.8 Å². The number of nitrogens with zero attached hydrogens (tertiary/aromatic N) is 2. The highest BCUT2D eigenvalue weighted by molar-refractivity contribution is 6.51. The Morgan fingerprint density at radius 1 is 0.750 bits per heavy atom. The van der Waals surface area contributed by atoms with Crippen molar-refractivity contribution in [3.63, 3.8) is 0 Å². The predicted octanol–water partition coefficient (Wildman–Crippen LogP) is 3.40. The lowest BCUT2D eigenvalue weighted by Crippen LogP contribution is -2.34. The molecule has 0 unspecified atom stereocenters. The molecule has 1 aliphatic rings. The van der Waals surface area contributed by atoms with E-state index in [9.17, 15) is 9.59 Å². The number of amides is 1. The summed E-state index contributed by atoms with van der Waals surface area (Å²) < 4.78 is 0. The first-order chi connectivity index (χ1) is 11.8. The molecule has 4 nitrogen and oxygen atoms in total. The summed E-state index contributed by atoms with van der Waals surface area (Å²) in [6.07, 6.45) is 1.54. The minimum Gasteiger partial charge on any atom is -0.291 e. The number of ketones is 1. The quantitative estimate of drug-likeness (QED) is 0.696. The van der Waals surface area contributed by atoms with Crippen LogP contribution in [0.2, 0.25) is 0 Å². The van der Waals surface area contributed by atoms with Gasteiger partial charge in [-0.2, -0.15) is 0 Å². The molecule has 0 N–H and O–H groups in total. The molecule has 0 saturated heterocycles. The van der Waals surface area contributed by atoms with E-state index < -0.39 is 11.7 Å². The Bertz CT molecular complexity index is 868. The summed E-state index contributed by atoms with van der Waals surface area (Å²) in [5.74, 6) is -1.09. The fourth-order valence-electron chi connectivity index (χ4n) is 3.10. The summed E-state index contributed by atoms with van der Waals surface area (Å²) >= 11 is 0. The number of fused-ring (bicyclic) bond motifs is 1. The number of aromatic nitrogens is 1. The number of carbonyl (C=O) groups is 2. The highest BCUT2D eigenvalue weighted by Gasteiger charge is 2.41. The second-order valence-electron chi connectivity index (χ2n) is 5.60. The van der Waals surface area contributed by atoms with Gasteiger partial charge in [0.1, 0.15) is 5.69 Å². The van der Waals surface area contributed by atoms with Crippen molar-refractivity contribution in [2.45, 2.75) is 6.04 Å². The van der Waals surface area contributed by atoms with Crippen LogP contribution in [0.5, 0.6) is 0 Å². The monoisotopic (exact) mass is 314 g/mol. The van der Waals surface area contributed by atoms with Crippen LogP contribution in [0.25, 0.3) is 0 Å². The van der Waals surface area contributed by atoms with E-state index in [2.05, 4.69) is 4.98 Å². The van der Waals surface area contributed by atoms with Gasteiger partial charge in [0.05, 0.1) is 11.7 Å². The van der Waals surface area contributed by atoms with E-state index in [0.29, 0.717) is 5.69 Å². The van der Waals surface area contributed by atoms with Crippen LogP contribution >= 0.6 is 0 Å². The van der Waals surface area contributed by atoms with Crippen LogP contribution in [0.1, 0.15) is 27.7 Å². The SMILES string of the molecule is O=C1C(=O)N(C(c2ccccc2)c2ccccc2)c2cccnc21. The molecule has 4 rings (SSSR count). The maximum atomic E-state index is 12.7. The highest BCUT2D eigenvalue weighted by Crippen LogP contribution is 2.38. The van der Waals surface area contributed by atoms with E-state index in [1.54, 1.807) is 17.0 Å². The maximum absolute atomic E-state index is 12.7. The Hall–Kier alpha value is -3.27. The number of Topliss-reactive ketones (excluding diaryl/α,β-unsaturated/α-hetero) is 1. The number of carbonyl (C=O) groups excluding carboxylic acids is 2. The molecular weight excluding hydrogens is 300 g/mol. The first kappa shape index (κ1) is 14.3. The van der Waals surface area contributed by atoms with Crippen LogP contribution in [0.3, 0.4) is 0 Å². The fraction of sp³-hybridized carbons (Fsp3) is 0.0500. The minimum absolute atomic E-state index is 0.222. The van der Waals surface area contributed by atoms with Crippen molar-refractivity contribution >= 4 is 17.4 Å². The lowest BCUT2D eigenvalue weighted by Gasteiger charge is -2.28. The number of pyridine rings is 1. The van der Waals surface area contributed by atoms with Gasteiger partial charge in [0, 0.05) is 6.20 Å². The molecule has 2 heterocycles. The topological polar surface area (TPSA) is 50.3 Å². The zero-order valence-corrected chi connectivity index (χ0v) is 12.8. The third-order valence-electron chi connectivity index (χ3n) is 4.16. The smallest absolute Gasteiger partial charge is 0.291 e. The van der Waals surface area contributed by atoms with Gasteiger partial charge in [-0.1, -0.05) is 60.7 Å². The van der Waals surface area contributed by atoms with Crippen LogP contribution < -0.4 is 4.90 Å². The lowest BCUT2D eigenvalue weighted by molar-refractivity contribution is -0.114. The molecular formula is C20H14N2O2. The van der Waals surface area contributed by atoms with Crippen LogP contribution in [0.4, 0.5) is 5.69 Å². The number of hydrogen-bond acceptors (Lipinski definition) is 3. The Balaban J connectivity index is 1.92. The molecule has 0 spiro atoms. The van der Waals surface area contributed by atoms with E-state index in [4.69, 9.17) is 0 Å². The normalized spacial score (nSPS) is 13.5. The van der Waals surface area contributed by atoms with Gasteiger partial charge in [0.2, 0.25) is 0 Å². The van der Waals surface area contributed by atoms with E-state index in [1.807, 2.05) is 60.7 Å². The van der Waals surface area contributed by atoms with Gasteiger partial charge in [-0.15, -0.1) is 0 Å². The van der Waals surface area contributed by atoms with Crippen LogP contribution in [0.15, 0.2) is 79.0 Å². The first-order valence-electron chi connectivity index (χ1n) is 7.70. The van der Waals surface area contributed by atoms with Crippen LogP contribution in [-0.2, 0) is 4.79 Å². The molecule has 0 saturated carbocycles. The molecule has 116 valence electrons. The molecule has 4 heteroatoms. The van der Waals surface area contributed by atoms with E-state index in [0.717, 1.165) is 11.1 Å². The van der Waals surface area contributed by atoms with Gasteiger partial charge in [-0.3, -0.25) is 19.5 Å². The number of anilines is 1. The number of hydrogen-bond donors (Lipinski definition) is 0.